The van der Waals surface area contributed by atoms with E-state index in [2.05, 4.69) is 19.9 Å². The molecule has 3 spiro atoms. The van der Waals surface area contributed by atoms with Crippen molar-refractivity contribution in [3.8, 4) is 0 Å². The maximum absolute atomic E-state index is 13.5. The second-order valence-electron chi connectivity index (χ2n) is 12.4. The fourth-order valence-corrected chi connectivity index (χ4v) is 8.26. The molecule has 5 heterocycles. The number of carbonyl (C=O) groups is 3. The van der Waals surface area contributed by atoms with Crippen LogP contribution >= 0.6 is 0 Å². The first-order chi connectivity index (χ1) is 18.5. The number of Topliss-reactive ketones (excluding diaryl/α,β-unsaturated/α-hetero) is 1. The van der Waals surface area contributed by atoms with Crippen molar-refractivity contribution in [2.45, 2.75) is 93.8 Å². The largest absolute Gasteiger partial charge is 0.463 e. The molecule has 1 saturated carbocycles. The highest BCUT2D eigenvalue weighted by Crippen LogP contribution is 2.72. The van der Waals surface area contributed by atoms with Gasteiger partial charge in [0, 0.05) is 24.3 Å². The lowest BCUT2D eigenvalue weighted by atomic mass is 9.51. The molecule has 4 bridgehead atoms. The highest BCUT2D eigenvalue weighted by Gasteiger charge is 2.83. The predicted octanol–water partition coefficient (Wildman–Crippen LogP) is 1.49. The summed E-state index contributed by atoms with van der Waals surface area (Å²) >= 11 is 0. The highest BCUT2D eigenvalue weighted by atomic mass is 16.7. The first kappa shape index (κ1) is 25.6. The van der Waals surface area contributed by atoms with Gasteiger partial charge in [-0.15, -0.1) is 0 Å². The molecule has 39 heavy (non-hydrogen) atoms. The van der Waals surface area contributed by atoms with Crippen molar-refractivity contribution in [3.05, 3.63) is 36.0 Å². The Morgan fingerprint density at radius 3 is 2.64 bits per heavy atom. The van der Waals surface area contributed by atoms with E-state index in [4.69, 9.17) is 28.4 Å². The molecule has 210 valence electrons. The molecule has 0 radical (unpaired) electrons. The van der Waals surface area contributed by atoms with Gasteiger partial charge in [-0.1, -0.05) is 30.7 Å². The van der Waals surface area contributed by atoms with E-state index in [-0.39, 0.29) is 31.8 Å². The molecule has 7 rings (SSSR count). The van der Waals surface area contributed by atoms with E-state index in [1.165, 1.54) is 36.8 Å². The molecule has 1 N–H and O–H groups in total. The van der Waals surface area contributed by atoms with Crippen molar-refractivity contribution < 1.29 is 47.9 Å². The molecule has 5 fully saturated rings. The third kappa shape index (κ3) is 3.12. The van der Waals surface area contributed by atoms with Crippen LogP contribution in [0, 0.1) is 10.8 Å². The number of esters is 2. The summed E-state index contributed by atoms with van der Waals surface area (Å²) < 4.78 is 36.5. The van der Waals surface area contributed by atoms with Crippen LogP contribution in [0.1, 0.15) is 46.5 Å². The van der Waals surface area contributed by atoms with Crippen LogP contribution in [0.15, 0.2) is 36.0 Å². The number of aliphatic hydroxyl groups excluding tert-OH is 1. The van der Waals surface area contributed by atoms with Gasteiger partial charge in [0.1, 0.15) is 30.0 Å². The van der Waals surface area contributed by atoms with Crippen molar-refractivity contribution in [1.82, 2.24) is 0 Å². The fourth-order valence-electron chi connectivity index (χ4n) is 8.26. The minimum Gasteiger partial charge on any atom is -0.463 e. The standard InChI is InChI=1S/C29H34O10/c1-16-7-9-26-14-34-23(32)22-28(39-22)10-11-35-27(17(2)30,24(28)33)8-5-4-6-21(31)38-18-13-20(37-19(26)12-16)29(15-36-29)25(18,26)3/h4-6,8,12,18-20,22,24,33H,7,9-11,13-15H2,1-3H3/b6-4-,8-5-. The average molecular weight is 543 g/mol. The normalized spacial score (nSPS) is 53.4. The number of carbonyl (C=O) groups excluding carboxylic acids is 3. The number of epoxide rings is 2. The summed E-state index contributed by atoms with van der Waals surface area (Å²) in [7, 11) is 0. The molecule has 2 aliphatic carbocycles. The van der Waals surface area contributed by atoms with E-state index >= 15 is 0 Å². The maximum atomic E-state index is 13.5. The molecule has 4 saturated heterocycles. The number of rotatable bonds is 1. The van der Waals surface area contributed by atoms with Crippen molar-refractivity contribution in [3.63, 3.8) is 0 Å². The van der Waals surface area contributed by atoms with Gasteiger partial charge in [-0.25, -0.2) is 9.59 Å². The van der Waals surface area contributed by atoms with Crippen molar-refractivity contribution in [2.24, 2.45) is 10.8 Å². The molecule has 0 aromatic carbocycles. The van der Waals surface area contributed by atoms with Crippen LogP contribution in [0.5, 0.6) is 0 Å². The Hall–Kier alpha value is -2.37. The van der Waals surface area contributed by atoms with E-state index in [0.717, 1.165) is 6.42 Å². The minimum absolute atomic E-state index is 0.0127. The lowest BCUT2D eigenvalue weighted by Gasteiger charge is -2.58. The van der Waals surface area contributed by atoms with Gasteiger partial charge < -0.3 is 33.5 Å². The number of allylic oxidation sites excluding steroid dienone is 3. The molecule has 10 unspecified atom stereocenters. The van der Waals surface area contributed by atoms with Crippen molar-refractivity contribution in [1.29, 1.82) is 0 Å². The summed E-state index contributed by atoms with van der Waals surface area (Å²) in [4.78, 5) is 39.3. The average Bonchev–Trinajstić information content (AvgIpc) is 3.81. The zero-order chi connectivity index (χ0) is 27.4. The number of hydrogen-bond donors (Lipinski definition) is 1. The number of ether oxygens (including phenoxy) is 6. The van der Waals surface area contributed by atoms with Gasteiger partial charge in [0.25, 0.3) is 0 Å². The molecule has 0 aromatic rings. The molecule has 5 aliphatic heterocycles. The van der Waals surface area contributed by atoms with Gasteiger partial charge in [0.05, 0.1) is 30.8 Å². The number of cyclic esters (lactones) is 1. The zero-order valence-corrected chi connectivity index (χ0v) is 22.3. The Morgan fingerprint density at radius 2 is 1.90 bits per heavy atom. The van der Waals surface area contributed by atoms with E-state index < -0.39 is 63.7 Å². The highest BCUT2D eigenvalue weighted by molar-refractivity contribution is 5.90. The SMILES string of the molecule is CC(=O)C12/C=C\C=C/C(=O)OC3CC4OC5C=C(C)CCC5(COC(=O)C5OC5(CCO1)C2O)C3(C)C41CO1. The number of aliphatic hydroxyl groups is 1. The Labute approximate surface area is 226 Å². The number of fused-ring (bicyclic) bond motifs is 1. The van der Waals surface area contributed by atoms with Crippen molar-refractivity contribution in [2.75, 3.05) is 19.8 Å². The Kier molecular flexibility index (Phi) is 5.31. The van der Waals surface area contributed by atoms with E-state index in [1.807, 2.05) is 0 Å². The van der Waals surface area contributed by atoms with Gasteiger partial charge in [0.2, 0.25) is 0 Å². The van der Waals surface area contributed by atoms with Gasteiger partial charge in [0.15, 0.2) is 17.5 Å². The third-order valence-corrected chi connectivity index (χ3v) is 10.8. The molecule has 10 atom stereocenters. The van der Waals surface area contributed by atoms with Crippen LogP contribution in [-0.2, 0) is 42.8 Å². The van der Waals surface area contributed by atoms with Gasteiger partial charge >= 0.3 is 11.9 Å². The minimum atomic E-state index is -1.72. The molecule has 10 heteroatoms. The Bertz CT molecular complexity index is 1230. The first-order valence-corrected chi connectivity index (χ1v) is 13.8. The second kappa shape index (κ2) is 8.10. The molecule has 7 aliphatic rings. The van der Waals surface area contributed by atoms with E-state index in [0.29, 0.717) is 19.4 Å². The lowest BCUT2D eigenvalue weighted by molar-refractivity contribution is -0.233. The predicted molar refractivity (Wildman–Crippen MR) is 132 cm³/mol. The zero-order valence-electron chi connectivity index (χ0n) is 22.3. The van der Waals surface area contributed by atoms with Crippen LogP contribution in [0.2, 0.25) is 0 Å². The quantitative estimate of drug-likeness (QED) is 0.295. The molecular formula is C29H34O10. The lowest BCUT2D eigenvalue weighted by Crippen LogP contribution is -2.67. The van der Waals surface area contributed by atoms with Gasteiger partial charge in [-0.3, -0.25) is 4.79 Å². The van der Waals surface area contributed by atoms with Crippen molar-refractivity contribution >= 4 is 17.7 Å². The molecule has 0 aromatic heterocycles. The summed E-state index contributed by atoms with van der Waals surface area (Å²) in [6.07, 6.45) is 6.29. The number of hydrogen-bond acceptors (Lipinski definition) is 10. The molecular weight excluding hydrogens is 508 g/mol. The summed E-state index contributed by atoms with van der Waals surface area (Å²) in [5.41, 5.74) is -3.83. The van der Waals surface area contributed by atoms with Crippen LogP contribution in [0.4, 0.5) is 0 Å². The first-order valence-electron chi connectivity index (χ1n) is 13.8. The van der Waals surface area contributed by atoms with Gasteiger partial charge in [-0.2, -0.15) is 0 Å². The van der Waals surface area contributed by atoms with Crippen LogP contribution < -0.4 is 0 Å². The van der Waals surface area contributed by atoms with Gasteiger partial charge in [-0.05, 0) is 32.8 Å². The van der Waals surface area contributed by atoms with Crippen LogP contribution in [0.25, 0.3) is 0 Å². The molecule has 10 nitrogen and oxygen atoms in total. The summed E-state index contributed by atoms with van der Waals surface area (Å²) in [6, 6.07) is 0. The third-order valence-electron chi connectivity index (χ3n) is 10.8. The van der Waals surface area contributed by atoms with Crippen LogP contribution in [-0.4, -0.2) is 90.0 Å². The van der Waals surface area contributed by atoms with E-state index in [9.17, 15) is 19.5 Å². The number of ketones is 1. The fraction of sp³-hybridized carbons (Fsp3) is 0.690. The Morgan fingerprint density at radius 1 is 1.10 bits per heavy atom. The smallest absolute Gasteiger partial charge is 0.338 e. The summed E-state index contributed by atoms with van der Waals surface area (Å²) in [6.45, 7) is 6.05. The van der Waals surface area contributed by atoms with E-state index in [1.54, 1.807) is 0 Å². The van der Waals surface area contributed by atoms with Crippen LogP contribution in [0.3, 0.4) is 0 Å². The maximum Gasteiger partial charge on any atom is 0.338 e. The second-order valence-corrected chi connectivity index (χ2v) is 12.4. The molecule has 0 amide bonds. The Balaban J connectivity index is 1.31. The summed E-state index contributed by atoms with van der Waals surface area (Å²) in [5, 5.41) is 11.4. The summed E-state index contributed by atoms with van der Waals surface area (Å²) in [5.74, 6) is -1.59. The monoisotopic (exact) mass is 542 g/mol. The topological polar surface area (TPSA) is 133 Å².